The molecule has 104 valence electrons. The van der Waals surface area contributed by atoms with E-state index in [0.717, 1.165) is 6.42 Å². The van der Waals surface area contributed by atoms with Crippen molar-refractivity contribution in [3.05, 3.63) is 0 Å². The molecule has 0 aliphatic rings. The third kappa shape index (κ3) is 12.4. The van der Waals surface area contributed by atoms with Crippen LogP contribution in [-0.2, 0) is 0 Å². The molecule has 0 unspecified atom stereocenters. The van der Waals surface area contributed by atoms with Crippen LogP contribution >= 0.6 is 0 Å². The van der Waals surface area contributed by atoms with E-state index < -0.39 is 8.07 Å². The highest BCUT2D eigenvalue weighted by Gasteiger charge is 2.18. The van der Waals surface area contributed by atoms with Crippen molar-refractivity contribution < 1.29 is 5.11 Å². The molecule has 0 amide bonds. The Morgan fingerprint density at radius 3 is 1.71 bits per heavy atom. The van der Waals surface area contributed by atoms with Crippen LogP contribution in [0, 0.1) is 0 Å². The standard InChI is InChI=1S/C15H34OSi/c1-4-5-6-7-8-9-10-11-14-17(2,3)15-12-13-16/h16H,4-15H2,1-3H3. The van der Waals surface area contributed by atoms with Crippen LogP contribution in [0.1, 0.15) is 64.7 Å². The summed E-state index contributed by atoms with van der Waals surface area (Å²) < 4.78 is 0. The van der Waals surface area contributed by atoms with Gasteiger partial charge in [-0.05, 0) is 6.42 Å². The zero-order valence-corrected chi connectivity index (χ0v) is 13.4. The van der Waals surface area contributed by atoms with E-state index in [2.05, 4.69) is 20.0 Å². The van der Waals surface area contributed by atoms with E-state index >= 15 is 0 Å². The minimum absolute atomic E-state index is 0.383. The molecule has 2 heteroatoms. The number of hydrogen-bond acceptors (Lipinski definition) is 1. The molecule has 0 saturated carbocycles. The number of aliphatic hydroxyl groups is 1. The Kier molecular flexibility index (Phi) is 11.4. The molecule has 0 saturated heterocycles. The summed E-state index contributed by atoms with van der Waals surface area (Å²) in [7, 11) is -0.965. The molecule has 1 nitrogen and oxygen atoms in total. The first kappa shape index (κ1) is 17.2. The van der Waals surface area contributed by atoms with E-state index in [0.29, 0.717) is 6.61 Å². The van der Waals surface area contributed by atoms with Gasteiger partial charge in [0, 0.05) is 14.7 Å². The molecular formula is C15H34OSi. The van der Waals surface area contributed by atoms with Gasteiger partial charge in [-0.3, -0.25) is 0 Å². The Bertz CT molecular complexity index is 157. The topological polar surface area (TPSA) is 20.2 Å². The van der Waals surface area contributed by atoms with Crippen LogP contribution in [-0.4, -0.2) is 19.8 Å². The Hall–Kier alpha value is 0.177. The first-order chi connectivity index (χ1) is 8.12. The zero-order chi connectivity index (χ0) is 13.0. The van der Waals surface area contributed by atoms with E-state index in [1.165, 1.54) is 63.5 Å². The van der Waals surface area contributed by atoms with Crippen molar-refractivity contribution in [2.75, 3.05) is 6.61 Å². The van der Waals surface area contributed by atoms with Gasteiger partial charge in [0.05, 0.1) is 0 Å². The molecule has 0 bridgehead atoms. The van der Waals surface area contributed by atoms with Crippen molar-refractivity contribution in [3.8, 4) is 0 Å². The van der Waals surface area contributed by atoms with Gasteiger partial charge in [0.15, 0.2) is 0 Å². The van der Waals surface area contributed by atoms with Crippen molar-refractivity contribution in [2.45, 2.75) is 89.9 Å². The molecule has 0 aromatic rings. The summed E-state index contributed by atoms with van der Waals surface area (Å²) in [6, 6.07) is 2.77. The van der Waals surface area contributed by atoms with Gasteiger partial charge in [0.1, 0.15) is 0 Å². The zero-order valence-electron chi connectivity index (χ0n) is 12.4. The minimum Gasteiger partial charge on any atom is -0.396 e. The molecule has 0 spiro atoms. The monoisotopic (exact) mass is 258 g/mol. The van der Waals surface area contributed by atoms with Gasteiger partial charge in [-0.2, -0.15) is 0 Å². The second-order valence-corrected chi connectivity index (χ2v) is 11.5. The maximum absolute atomic E-state index is 8.86. The van der Waals surface area contributed by atoms with Crippen molar-refractivity contribution in [1.29, 1.82) is 0 Å². The number of aliphatic hydroxyl groups excluding tert-OH is 1. The van der Waals surface area contributed by atoms with Crippen LogP contribution in [0.2, 0.25) is 25.2 Å². The van der Waals surface area contributed by atoms with Gasteiger partial charge in [-0.15, -0.1) is 0 Å². The first-order valence-electron chi connectivity index (χ1n) is 7.73. The maximum atomic E-state index is 8.86. The highest BCUT2D eigenvalue weighted by Crippen LogP contribution is 2.21. The van der Waals surface area contributed by atoms with Gasteiger partial charge in [-0.1, -0.05) is 83.5 Å². The van der Waals surface area contributed by atoms with Crippen LogP contribution in [0.25, 0.3) is 0 Å². The fourth-order valence-electron chi connectivity index (χ4n) is 2.42. The molecule has 1 N–H and O–H groups in total. The average molecular weight is 259 g/mol. The summed E-state index contributed by atoms with van der Waals surface area (Å²) in [6.07, 6.45) is 12.4. The number of rotatable bonds is 12. The van der Waals surface area contributed by atoms with Gasteiger partial charge in [0.2, 0.25) is 0 Å². The Balaban J connectivity index is 3.26. The molecule has 0 rings (SSSR count). The van der Waals surface area contributed by atoms with E-state index in [9.17, 15) is 0 Å². The lowest BCUT2D eigenvalue weighted by molar-refractivity contribution is 0.294. The number of unbranched alkanes of at least 4 members (excludes halogenated alkanes) is 7. The molecule has 17 heavy (non-hydrogen) atoms. The van der Waals surface area contributed by atoms with Gasteiger partial charge in [-0.25, -0.2) is 0 Å². The minimum atomic E-state index is -0.965. The summed E-state index contributed by atoms with van der Waals surface area (Å²) in [5.41, 5.74) is 0. The summed E-state index contributed by atoms with van der Waals surface area (Å²) in [6.45, 7) is 7.61. The van der Waals surface area contributed by atoms with E-state index in [1.54, 1.807) is 0 Å². The molecule has 0 radical (unpaired) electrons. The normalized spacial score (nSPS) is 12.0. The van der Waals surface area contributed by atoms with E-state index in [4.69, 9.17) is 5.11 Å². The van der Waals surface area contributed by atoms with E-state index in [-0.39, 0.29) is 0 Å². The third-order valence-corrected chi connectivity index (χ3v) is 7.13. The largest absolute Gasteiger partial charge is 0.396 e. The third-order valence-electron chi connectivity index (χ3n) is 3.72. The van der Waals surface area contributed by atoms with Crippen molar-refractivity contribution in [2.24, 2.45) is 0 Å². The van der Waals surface area contributed by atoms with Crippen LogP contribution in [0.15, 0.2) is 0 Å². The molecule has 0 aromatic carbocycles. The van der Waals surface area contributed by atoms with E-state index in [1.807, 2.05) is 0 Å². The quantitative estimate of drug-likeness (QED) is 0.376. The molecule has 0 aliphatic heterocycles. The Morgan fingerprint density at radius 2 is 1.18 bits per heavy atom. The van der Waals surface area contributed by atoms with Gasteiger partial charge >= 0.3 is 0 Å². The summed E-state index contributed by atoms with van der Waals surface area (Å²) in [5.74, 6) is 0. The highest BCUT2D eigenvalue weighted by molar-refractivity contribution is 6.77. The number of hydrogen-bond donors (Lipinski definition) is 1. The first-order valence-corrected chi connectivity index (χ1v) is 11.1. The van der Waals surface area contributed by atoms with Crippen molar-refractivity contribution >= 4 is 8.07 Å². The summed E-state index contributed by atoms with van der Waals surface area (Å²) >= 11 is 0. The molecule has 0 aromatic heterocycles. The molecule has 0 aliphatic carbocycles. The SMILES string of the molecule is CCCCCCCCCC[Si](C)(C)CCCO. The van der Waals surface area contributed by atoms with Crippen LogP contribution in [0.3, 0.4) is 0 Å². The fourth-order valence-corrected chi connectivity index (χ4v) is 4.99. The average Bonchev–Trinajstić information content (AvgIpc) is 2.30. The Labute approximate surface area is 110 Å². The smallest absolute Gasteiger partial charge is 0.0474 e. The summed E-state index contributed by atoms with van der Waals surface area (Å²) in [5, 5.41) is 8.86. The van der Waals surface area contributed by atoms with Crippen LogP contribution < -0.4 is 0 Å². The Morgan fingerprint density at radius 1 is 0.706 bits per heavy atom. The molecular weight excluding hydrogens is 224 g/mol. The lowest BCUT2D eigenvalue weighted by Gasteiger charge is -2.21. The van der Waals surface area contributed by atoms with Crippen molar-refractivity contribution in [1.82, 2.24) is 0 Å². The fraction of sp³-hybridized carbons (Fsp3) is 1.00. The van der Waals surface area contributed by atoms with Gasteiger partial charge < -0.3 is 5.11 Å². The molecule has 0 fully saturated rings. The summed E-state index contributed by atoms with van der Waals surface area (Å²) in [4.78, 5) is 0. The maximum Gasteiger partial charge on any atom is 0.0474 e. The molecule has 0 heterocycles. The predicted octanol–water partition coefficient (Wildman–Crippen LogP) is 5.22. The highest BCUT2D eigenvalue weighted by atomic mass is 28.3. The van der Waals surface area contributed by atoms with Crippen molar-refractivity contribution in [3.63, 3.8) is 0 Å². The van der Waals surface area contributed by atoms with Gasteiger partial charge in [0.25, 0.3) is 0 Å². The molecule has 0 atom stereocenters. The van der Waals surface area contributed by atoms with Crippen LogP contribution in [0.5, 0.6) is 0 Å². The lowest BCUT2D eigenvalue weighted by Crippen LogP contribution is -2.24. The second-order valence-electron chi connectivity index (χ2n) is 6.22. The lowest BCUT2D eigenvalue weighted by atomic mass is 10.1. The van der Waals surface area contributed by atoms with Crippen LogP contribution in [0.4, 0.5) is 0 Å². The predicted molar refractivity (Wildman–Crippen MR) is 81.4 cm³/mol. The second kappa shape index (κ2) is 11.3.